The summed E-state index contributed by atoms with van der Waals surface area (Å²) in [6.07, 6.45) is 14.2. The molecule has 3 heteroatoms. The van der Waals surface area contributed by atoms with E-state index in [9.17, 15) is 0 Å². The van der Waals surface area contributed by atoms with Crippen molar-refractivity contribution in [2.75, 3.05) is 6.54 Å². The SMILES string of the molecule is CCCCN1C(C)CC2C(I)CCCC(C)C(C)CCC(I)CCC21. The molecule has 1 heterocycles. The molecule has 0 aromatic heterocycles. The van der Waals surface area contributed by atoms with Crippen LogP contribution in [0.15, 0.2) is 0 Å². The van der Waals surface area contributed by atoms with Crippen LogP contribution in [0.4, 0.5) is 0 Å². The van der Waals surface area contributed by atoms with Gasteiger partial charge in [0.1, 0.15) is 0 Å². The van der Waals surface area contributed by atoms with Crippen molar-refractivity contribution in [1.82, 2.24) is 4.90 Å². The Morgan fingerprint density at radius 2 is 1.56 bits per heavy atom. The molecule has 0 spiro atoms. The summed E-state index contributed by atoms with van der Waals surface area (Å²) in [6.45, 7) is 11.2. The van der Waals surface area contributed by atoms with Gasteiger partial charge in [-0.1, -0.05) is 85.2 Å². The highest BCUT2D eigenvalue weighted by Gasteiger charge is 2.41. The van der Waals surface area contributed by atoms with Crippen LogP contribution in [0.3, 0.4) is 0 Å². The third kappa shape index (κ3) is 6.76. The van der Waals surface area contributed by atoms with E-state index >= 15 is 0 Å². The third-order valence-electron chi connectivity index (χ3n) is 7.16. The lowest BCUT2D eigenvalue weighted by Crippen LogP contribution is -2.39. The van der Waals surface area contributed by atoms with Crippen LogP contribution in [0, 0.1) is 17.8 Å². The van der Waals surface area contributed by atoms with Gasteiger partial charge in [0.25, 0.3) is 0 Å². The van der Waals surface area contributed by atoms with Gasteiger partial charge in [-0.25, -0.2) is 0 Å². The summed E-state index contributed by atoms with van der Waals surface area (Å²) in [5.74, 6) is 2.75. The predicted octanol–water partition coefficient (Wildman–Crippen LogP) is 7.49. The first-order valence-electron chi connectivity index (χ1n) is 11.0. The van der Waals surface area contributed by atoms with Gasteiger partial charge in [0.05, 0.1) is 0 Å². The first-order chi connectivity index (χ1) is 11.9. The van der Waals surface area contributed by atoms with Crippen molar-refractivity contribution in [2.24, 2.45) is 17.8 Å². The Morgan fingerprint density at radius 1 is 0.880 bits per heavy atom. The maximum atomic E-state index is 2.91. The summed E-state index contributed by atoms with van der Waals surface area (Å²) in [5.41, 5.74) is 0. The first-order valence-corrected chi connectivity index (χ1v) is 13.5. The Balaban J connectivity index is 2.08. The maximum absolute atomic E-state index is 2.91. The molecule has 2 aliphatic rings. The number of hydrogen-bond donors (Lipinski definition) is 0. The van der Waals surface area contributed by atoms with Gasteiger partial charge >= 0.3 is 0 Å². The summed E-state index contributed by atoms with van der Waals surface area (Å²) >= 11 is 5.58. The fourth-order valence-corrected chi connectivity index (χ4v) is 7.04. The summed E-state index contributed by atoms with van der Waals surface area (Å²) < 4.78 is 1.76. The molecule has 7 unspecified atom stereocenters. The number of hydrogen-bond acceptors (Lipinski definition) is 1. The Kier molecular flexibility index (Phi) is 10.4. The van der Waals surface area contributed by atoms with Crippen molar-refractivity contribution in [1.29, 1.82) is 0 Å². The van der Waals surface area contributed by atoms with Crippen LogP contribution in [0.5, 0.6) is 0 Å². The molecule has 25 heavy (non-hydrogen) atoms. The standard InChI is InChI=1S/C22H41I2N/c1-5-6-14-25-18(4)15-20-21(24)9-7-8-16(2)17(3)10-11-19(23)12-13-22(20)25/h16-22H,5-15H2,1-4H3. The Hall–Kier alpha value is 1.42. The number of nitrogens with zero attached hydrogens (tertiary/aromatic N) is 1. The van der Waals surface area contributed by atoms with Gasteiger partial charge in [-0.05, 0) is 76.2 Å². The molecule has 2 fully saturated rings. The molecule has 0 N–H and O–H groups in total. The minimum absolute atomic E-state index is 0.804. The van der Waals surface area contributed by atoms with Crippen molar-refractivity contribution in [3.63, 3.8) is 0 Å². The summed E-state index contributed by atoms with van der Waals surface area (Å²) in [4.78, 5) is 2.91. The quantitative estimate of drug-likeness (QED) is 0.250. The molecule has 1 aliphatic carbocycles. The topological polar surface area (TPSA) is 3.24 Å². The van der Waals surface area contributed by atoms with Gasteiger partial charge in [0, 0.05) is 19.9 Å². The monoisotopic (exact) mass is 573 g/mol. The zero-order valence-corrected chi connectivity index (χ0v) is 21.3. The van der Waals surface area contributed by atoms with Crippen LogP contribution in [0.2, 0.25) is 0 Å². The number of likely N-dealkylation sites (tertiary alicyclic amines) is 1. The van der Waals surface area contributed by atoms with Gasteiger partial charge in [0.2, 0.25) is 0 Å². The van der Waals surface area contributed by atoms with E-state index in [-0.39, 0.29) is 0 Å². The van der Waals surface area contributed by atoms with Crippen molar-refractivity contribution in [3.05, 3.63) is 0 Å². The van der Waals surface area contributed by atoms with E-state index in [1.54, 1.807) is 0 Å². The molecule has 2 rings (SSSR count). The van der Waals surface area contributed by atoms with E-state index in [0.29, 0.717) is 0 Å². The third-order valence-corrected chi connectivity index (χ3v) is 9.95. The van der Waals surface area contributed by atoms with Crippen LogP contribution in [0.1, 0.15) is 91.9 Å². The van der Waals surface area contributed by atoms with Gasteiger partial charge in [-0.2, -0.15) is 0 Å². The van der Waals surface area contributed by atoms with Crippen LogP contribution in [-0.2, 0) is 0 Å². The molecular formula is C22H41I2N. The van der Waals surface area contributed by atoms with Crippen LogP contribution in [-0.4, -0.2) is 31.4 Å². The fourth-order valence-electron chi connectivity index (χ4n) is 5.11. The van der Waals surface area contributed by atoms with Gasteiger partial charge in [-0.3, -0.25) is 4.90 Å². The lowest BCUT2D eigenvalue weighted by molar-refractivity contribution is 0.172. The number of fused-ring (bicyclic) bond motifs is 1. The largest absolute Gasteiger partial charge is 0.297 e. The average Bonchev–Trinajstić information content (AvgIpc) is 2.90. The maximum Gasteiger partial charge on any atom is 0.0153 e. The highest BCUT2D eigenvalue weighted by molar-refractivity contribution is 14.1. The van der Waals surface area contributed by atoms with Crippen molar-refractivity contribution in [3.8, 4) is 0 Å². The summed E-state index contributed by atoms with van der Waals surface area (Å²) in [6, 6.07) is 1.66. The number of alkyl halides is 2. The second kappa shape index (κ2) is 11.4. The van der Waals surface area contributed by atoms with Crippen molar-refractivity contribution < 1.29 is 0 Å². The average molecular weight is 573 g/mol. The zero-order valence-electron chi connectivity index (χ0n) is 17.0. The molecule has 1 saturated carbocycles. The molecule has 148 valence electrons. The molecule has 1 aliphatic heterocycles. The predicted molar refractivity (Wildman–Crippen MR) is 129 cm³/mol. The molecule has 0 bridgehead atoms. The van der Waals surface area contributed by atoms with Crippen molar-refractivity contribution in [2.45, 2.75) is 112 Å². The second-order valence-electron chi connectivity index (χ2n) is 9.06. The van der Waals surface area contributed by atoms with E-state index in [1.807, 2.05) is 0 Å². The molecule has 7 atom stereocenters. The normalized spacial score (nSPS) is 42.2. The number of halogens is 2. The zero-order chi connectivity index (χ0) is 18.4. The lowest BCUT2D eigenvalue weighted by atomic mass is 9.86. The highest BCUT2D eigenvalue weighted by atomic mass is 127. The Bertz CT molecular complexity index is 375. The van der Waals surface area contributed by atoms with Crippen molar-refractivity contribution >= 4 is 45.2 Å². The van der Waals surface area contributed by atoms with Crippen LogP contribution in [0.25, 0.3) is 0 Å². The lowest BCUT2D eigenvalue weighted by Gasteiger charge is -2.32. The first kappa shape index (κ1) is 22.7. The second-order valence-corrected chi connectivity index (χ2v) is 12.4. The van der Waals surface area contributed by atoms with Crippen LogP contribution < -0.4 is 0 Å². The highest BCUT2D eigenvalue weighted by Crippen LogP contribution is 2.41. The van der Waals surface area contributed by atoms with Crippen LogP contribution >= 0.6 is 45.2 Å². The Morgan fingerprint density at radius 3 is 2.28 bits per heavy atom. The van der Waals surface area contributed by atoms with Gasteiger partial charge in [-0.15, -0.1) is 0 Å². The molecule has 0 aromatic carbocycles. The fraction of sp³-hybridized carbons (Fsp3) is 1.00. The van der Waals surface area contributed by atoms with E-state index in [2.05, 4.69) is 77.8 Å². The molecule has 1 saturated heterocycles. The van der Waals surface area contributed by atoms with Gasteiger partial charge in [0.15, 0.2) is 0 Å². The van der Waals surface area contributed by atoms with E-state index < -0.39 is 0 Å². The van der Waals surface area contributed by atoms with E-state index in [0.717, 1.165) is 37.7 Å². The minimum Gasteiger partial charge on any atom is -0.297 e. The molecule has 1 nitrogen and oxygen atoms in total. The molecule has 0 aromatic rings. The van der Waals surface area contributed by atoms with E-state index in [1.165, 1.54) is 70.8 Å². The summed E-state index contributed by atoms with van der Waals surface area (Å²) in [7, 11) is 0. The number of unbranched alkanes of at least 4 members (excludes halogenated alkanes) is 1. The van der Waals surface area contributed by atoms with Gasteiger partial charge < -0.3 is 0 Å². The molecule has 0 radical (unpaired) electrons. The molecular weight excluding hydrogens is 532 g/mol. The molecule has 0 amide bonds. The Labute approximate surface area is 185 Å². The number of rotatable bonds is 3. The minimum atomic E-state index is 0.804. The summed E-state index contributed by atoms with van der Waals surface area (Å²) in [5, 5.41) is 0. The smallest absolute Gasteiger partial charge is 0.0153 e. The van der Waals surface area contributed by atoms with E-state index in [4.69, 9.17) is 0 Å².